The molecule has 3 aromatic rings. The van der Waals surface area contributed by atoms with Gasteiger partial charge >= 0.3 is 0 Å². The third kappa shape index (κ3) is 3.25. The Morgan fingerprint density at radius 2 is 2.42 bits per heavy atom. The summed E-state index contributed by atoms with van der Waals surface area (Å²) >= 11 is 1.62. The van der Waals surface area contributed by atoms with Crippen molar-refractivity contribution in [3.05, 3.63) is 35.8 Å². The van der Waals surface area contributed by atoms with Gasteiger partial charge in [-0.2, -0.15) is 4.98 Å². The average molecular weight is 344 g/mol. The molecule has 7 nitrogen and oxygen atoms in total. The van der Waals surface area contributed by atoms with E-state index in [1.807, 2.05) is 28.4 Å². The van der Waals surface area contributed by atoms with Crippen molar-refractivity contribution >= 4 is 11.3 Å². The molecule has 0 amide bonds. The van der Waals surface area contributed by atoms with Gasteiger partial charge in [0.25, 0.3) is 0 Å². The van der Waals surface area contributed by atoms with Crippen molar-refractivity contribution in [1.82, 2.24) is 30.0 Å². The largest absolute Gasteiger partial charge is 0.337 e. The first-order chi connectivity index (χ1) is 11.8. The van der Waals surface area contributed by atoms with Crippen LogP contribution in [0.4, 0.5) is 0 Å². The molecule has 0 aromatic carbocycles. The predicted octanol–water partition coefficient (Wildman–Crippen LogP) is 2.86. The van der Waals surface area contributed by atoms with Crippen molar-refractivity contribution in [1.29, 1.82) is 0 Å². The van der Waals surface area contributed by atoms with Gasteiger partial charge in [0.15, 0.2) is 0 Å². The van der Waals surface area contributed by atoms with E-state index in [-0.39, 0.29) is 6.04 Å². The van der Waals surface area contributed by atoms with Gasteiger partial charge in [-0.05, 0) is 43.7 Å². The smallest absolute Gasteiger partial charge is 0.244 e. The molecule has 0 aliphatic carbocycles. The lowest BCUT2D eigenvalue weighted by molar-refractivity contribution is 0.102. The molecule has 126 valence electrons. The maximum absolute atomic E-state index is 5.52. The molecule has 1 aliphatic heterocycles. The Morgan fingerprint density at radius 1 is 1.46 bits per heavy atom. The molecule has 0 spiro atoms. The van der Waals surface area contributed by atoms with Crippen LogP contribution in [0.2, 0.25) is 0 Å². The predicted molar refractivity (Wildman–Crippen MR) is 90.3 cm³/mol. The minimum atomic E-state index is 0.129. The normalized spacial score (nSPS) is 20.3. The summed E-state index contributed by atoms with van der Waals surface area (Å²) in [6.07, 6.45) is 6.05. The molecule has 1 fully saturated rings. The standard InChI is InChI=1S/C16H20N6OS/c1-12(16-18-15(19-23-16)14-5-3-9-24-14)21-7-2-4-13(10-21)11-22-8-6-17-20-22/h3,5-6,8-9,12-13H,2,4,7,10-11H2,1H3. The Kier molecular flexibility index (Phi) is 4.40. The van der Waals surface area contributed by atoms with E-state index in [4.69, 9.17) is 4.52 Å². The molecular formula is C16H20N6OS. The van der Waals surface area contributed by atoms with Crippen LogP contribution in [0.15, 0.2) is 34.4 Å². The summed E-state index contributed by atoms with van der Waals surface area (Å²) in [5.74, 6) is 1.95. The second-order valence-corrected chi connectivity index (χ2v) is 7.19. The number of hydrogen-bond acceptors (Lipinski definition) is 7. The maximum Gasteiger partial charge on any atom is 0.244 e. The van der Waals surface area contributed by atoms with E-state index < -0.39 is 0 Å². The number of piperidine rings is 1. The van der Waals surface area contributed by atoms with Gasteiger partial charge in [-0.15, -0.1) is 16.4 Å². The zero-order chi connectivity index (χ0) is 16.4. The molecule has 1 aliphatic rings. The van der Waals surface area contributed by atoms with Gasteiger partial charge in [0.05, 0.1) is 17.1 Å². The monoisotopic (exact) mass is 344 g/mol. The number of thiophene rings is 1. The van der Waals surface area contributed by atoms with Gasteiger partial charge in [0.2, 0.25) is 11.7 Å². The van der Waals surface area contributed by atoms with E-state index in [0.717, 1.165) is 24.5 Å². The molecule has 0 radical (unpaired) electrons. The summed E-state index contributed by atoms with van der Waals surface area (Å²) in [6, 6.07) is 4.14. The van der Waals surface area contributed by atoms with E-state index in [0.29, 0.717) is 17.6 Å². The first-order valence-corrected chi connectivity index (χ1v) is 9.13. The summed E-state index contributed by atoms with van der Waals surface area (Å²) in [6.45, 7) is 5.13. The van der Waals surface area contributed by atoms with Gasteiger partial charge < -0.3 is 4.52 Å². The summed E-state index contributed by atoms with van der Waals surface area (Å²) in [5, 5.41) is 14.1. The highest BCUT2D eigenvalue weighted by Gasteiger charge is 2.28. The highest BCUT2D eigenvalue weighted by molar-refractivity contribution is 7.13. The molecule has 24 heavy (non-hydrogen) atoms. The van der Waals surface area contributed by atoms with Crippen molar-refractivity contribution in [2.24, 2.45) is 5.92 Å². The summed E-state index contributed by atoms with van der Waals surface area (Å²) in [5.41, 5.74) is 0. The molecular weight excluding hydrogens is 324 g/mol. The lowest BCUT2D eigenvalue weighted by Gasteiger charge is -2.35. The van der Waals surface area contributed by atoms with Crippen LogP contribution >= 0.6 is 11.3 Å². The van der Waals surface area contributed by atoms with Crippen LogP contribution in [0.5, 0.6) is 0 Å². The first kappa shape index (κ1) is 15.5. The van der Waals surface area contributed by atoms with E-state index in [9.17, 15) is 0 Å². The highest BCUT2D eigenvalue weighted by Crippen LogP contribution is 2.28. The SMILES string of the molecule is CC(c1nc(-c2cccs2)no1)N1CCCC(Cn2ccnn2)C1. The average Bonchev–Trinajstić information content (AvgIpc) is 3.35. The number of aromatic nitrogens is 5. The molecule has 1 saturated heterocycles. The molecule has 0 saturated carbocycles. The third-order valence-electron chi connectivity index (χ3n) is 4.56. The molecule has 8 heteroatoms. The topological polar surface area (TPSA) is 72.9 Å². The quantitative estimate of drug-likeness (QED) is 0.709. The first-order valence-electron chi connectivity index (χ1n) is 8.25. The van der Waals surface area contributed by atoms with Gasteiger partial charge in [0.1, 0.15) is 0 Å². The lowest BCUT2D eigenvalue weighted by Crippen LogP contribution is -2.38. The van der Waals surface area contributed by atoms with Crippen molar-refractivity contribution in [3.63, 3.8) is 0 Å². The van der Waals surface area contributed by atoms with Crippen molar-refractivity contribution in [2.45, 2.75) is 32.4 Å². The second kappa shape index (κ2) is 6.82. The van der Waals surface area contributed by atoms with Crippen molar-refractivity contribution in [3.8, 4) is 10.7 Å². The van der Waals surface area contributed by atoms with Gasteiger partial charge in [-0.3, -0.25) is 9.58 Å². The van der Waals surface area contributed by atoms with E-state index >= 15 is 0 Å². The Bertz CT molecular complexity index is 753. The molecule has 2 atom stereocenters. The zero-order valence-electron chi connectivity index (χ0n) is 13.6. The summed E-state index contributed by atoms with van der Waals surface area (Å²) in [4.78, 5) is 8.06. The summed E-state index contributed by atoms with van der Waals surface area (Å²) < 4.78 is 7.44. The fourth-order valence-corrected chi connectivity index (χ4v) is 3.91. The van der Waals surface area contributed by atoms with Crippen molar-refractivity contribution < 1.29 is 4.52 Å². The van der Waals surface area contributed by atoms with E-state index in [2.05, 4.69) is 32.3 Å². The minimum Gasteiger partial charge on any atom is -0.337 e. The third-order valence-corrected chi connectivity index (χ3v) is 5.42. The van der Waals surface area contributed by atoms with Crippen molar-refractivity contribution in [2.75, 3.05) is 13.1 Å². The van der Waals surface area contributed by atoms with Gasteiger partial charge in [-0.1, -0.05) is 16.4 Å². The zero-order valence-corrected chi connectivity index (χ0v) is 14.4. The van der Waals surface area contributed by atoms with Crippen LogP contribution in [-0.2, 0) is 6.54 Å². The van der Waals surface area contributed by atoms with Crippen LogP contribution in [0.25, 0.3) is 10.7 Å². The molecule has 3 aromatic heterocycles. The lowest BCUT2D eigenvalue weighted by atomic mass is 9.97. The van der Waals surface area contributed by atoms with Crippen LogP contribution in [0.1, 0.15) is 31.7 Å². The molecule has 2 unspecified atom stereocenters. The number of nitrogens with zero attached hydrogens (tertiary/aromatic N) is 6. The Hall–Kier alpha value is -2.06. The van der Waals surface area contributed by atoms with E-state index in [1.165, 1.54) is 12.8 Å². The van der Waals surface area contributed by atoms with Crippen LogP contribution in [0, 0.1) is 5.92 Å². The molecule has 4 rings (SSSR count). The Balaban J connectivity index is 1.43. The number of rotatable bonds is 5. The maximum atomic E-state index is 5.52. The van der Waals surface area contributed by atoms with Crippen LogP contribution in [0.3, 0.4) is 0 Å². The van der Waals surface area contributed by atoms with Crippen LogP contribution in [-0.4, -0.2) is 43.1 Å². The second-order valence-electron chi connectivity index (χ2n) is 6.24. The molecule has 4 heterocycles. The number of likely N-dealkylation sites (tertiary alicyclic amines) is 1. The summed E-state index contributed by atoms with van der Waals surface area (Å²) in [7, 11) is 0. The van der Waals surface area contributed by atoms with Gasteiger partial charge in [0, 0.05) is 19.3 Å². The van der Waals surface area contributed by atoms with Gasteiger partial charge in [-0.25, -0.2) is 0 Å². The van der Waals surface area contributed by atoms with Crippen LogP contribution < -0.4 is 0 Å². The molecule has 0 N–H and O–H groups in total. The minimum absolute atomic E-state index is 0.129. The Labute approximate surface area is 144 Å². The molecule has 0 bridgehead atoms. The fraction of sp³-hybridized carbons (Fsp3) is 0.500. The fourth-order valence-electron chi connectivity index (χ4n) is 3.26. The number of hydrogen-bond donors (Lipinski definition) is 0. The van der Waals surface area contributed by atoms with E-state index in [1.54, 1.807) is 17.5 Å². The highest BCUT2D eigenvalue weighted by atomic mass is 32.1. The Morgan fingerprint density at radius 3 is 3.21 bits per heavy atom.